The van der Waals surface area contributed by atoms with Gasteiger partial charge in [-0.2, -0.15) is 0 Å². The van der Waals surface area contributed by atoms with Crippen LogP contribution in [0.2, 0.25) is 0 Å². The molecular formula is C19H38IN5. The largest absolute Gasteiger partial charge is 0.357 e. The predicted octanol–water partition coefficient (Wildman–Crippen LogP) is 2.61. The van der Waals surface area contributed by atoms with Crippen LogP contribution in [-0.2, 0) is 0 Å². The summed E-state index contributed by atoms with van der Waals surface area (Å²) >= 11 is 0. The van der Waals surface area contributed by atoms with Crippen molar-refractivity contribution in [2.24, 2.45) is 4.99 Å². The molecule has 1 N–H and O–H groups in total. The second-order valence-electron chi connectivity index (χ2n) is 7.79. The maximum atomic E-state index is 4.94. The molecule has 0 spiro atoms. The van der Waals surface area contributed by atoms with Crippen LogP contribution in [0, 0.1) is 0 Å². The Morgan fingerprint density at radius 1 is 1.08 bits per heavy atom. The van der Waals surface area contributed by atoms with Crippen molar-refractivity contribution in [3.63, 3.8) is 0 Å². The van der Waals surface area contributed by atoms with Crippen LogP contribution in [0.3, 0.4) is 0 Å². The van der Waals surface area contributed by atoms with Gasteiger partial charge in [0, 0.05) is 38.3 Å². The van der Waals surface area contributed by atoms with Gasteiger partial charge >= 0.3 is 0 Å². The average molecular weight is 463 g/mol. The molecule has 5 nitrogen and oxygen atoms in total. The van der Waals surface area contributed by atoms with E-state index in [9.17, 15) is 0 Å². The Kier molecular flexibility index (Phi) is 9.27. The molecule has 1 unspecified atom stereocenters. The third kappa shape index (κ3) is 5.96. The number of guanidine groups is 1. The first-order chi connectivity index (χ1) is 11.8. The normalized spacial score (nSPS) is 25.8. The maximum Gasteiger partial charge on any atom is 0.194 e. The number of rotatable bonds is 6. The van der Waals surface area contributed by atoms with Crippen LogP contribution in [0.15, 0.2) is 4.99 Å². The van der Waals surface area contributed by atoms with Gasteiger partial charge in [-0.1, -0.05) is 12.8 Å². The maximum absolute atomic E-state index is 4.94. The highest BCUT2D eigenvalue weighted by Gasteiger charge is 2.30. The standard InChI is InChI=1S/C19H37N5.HI/c1-3-20-19(21-11-15-22(2)17-8-4-5-9-17)24-14-10-18(16-24)23-12-6-7-13-23;/h17-18H,3-16H2,1-2H3,(H,20,21);1H. The molecule has 6 heteroatoms. The fourth-order valence-electron chi connectivity index (χ4n) is 4.61. The van der Waals surface area contributed by atoms with E-state index in [0.29, 0.717) is 0 Å². The summed E-state index contributed by atoms with van der Waals surface area (Å²) < 4.78 is 0. The zero-order chi connectivity index (χ0) is 16.8. The van der Waals surface area contributed by atoms with Crippen molar-refractivity contribution >= 4 is 29.9 Å². The minimum absolute atomic E-state index is 0. The minimum Gasteiger partial charge on any atom is -0.357 e. The molecular weight excluding hydrogens is 425 g/mol. The van der Waals surface area contributed by atoms with Crippen molar-refractivity contribution in [3.8, 4) is 0 Å². The summed E-state index contributed by atoms with van der Waals surface area (Å²) in [4.78, 5) is 12.6. The van der Waals surface area contributed by atoms with Crippen LogP contribution >= 0.6 is 24.0 Å². The van der Waals surface area contributed by atoms with Gasteiger partial charge in [0.25, 0.3) is 0 Å². The molecule has 2 heterocycles. The molecule has 25 heavy (non-hydrogen) atoms. The van der Waals surface area contributed by atoms with E-state index < -0.39 is 0 Å². The van der Waals surface area contributed by atoms with Crippen LogP contribution in [0.4, 0.5) is 0 Å². The summed E-state index contributed by atoms with van der Waals surface area (Å²) in [5.41, 5.74) is 0. The molecule has 1 aliphatic carbocycles. The highest BCUT2D eigenvalue weighted by molar-refractivity contribution is 14.0. The van der Waals surface area contributed by atoms with Crippen LogP contribution in [-0.4, -0.2) is 85.6 Å². The Labute approximate surface area is 171 Å². The first-order valence-electron chi connectivity index (χ1n) is 10.3. The van der Waals surface area contributed by atoms with Crippen molar-refractivity contribution in [2.75, 3.05) is 52.9 Å². The number of nitrogens with zero attached hydrogens (tertiary/aromatic N) is 4. The Hall–Kier alpha value is -0.0800. The van der Waals surface area contributed by atoms with Crippen LogP contribution in [0.5, 0.6) is 0 Å². The van der Waals surface area contributed by atoms with E-state index in [1.54, 1.807) is 0 Å². The third-order valence-electron chi connectivity index (χ3n) is 6.12. The molecule has 3 fully saturated rings. The zero-order valence-corrected chi connectivity index (χ0v) is 18.6. The van der Waals surface area contributed by atoms with Crippen molar-refractivity contribution in [2.45, 2.75) is 64.0 Å². The third-order valence-corrected chi connectivity index (χ3v) is 6.12. The Bertz CT molecular complexity index is 405. The van der Waals surface area contributed by atoms with Crippen LogP contribution in [0.25, 0.3) is 0 Å². The summed E-state index contributed by atoms with van der Waals surface area (Å²) in [6, 6.07) is 1.55. The van der Waals surface area contributed by atoms with Gasteiger partial charge in [0.2, 0.25) is 0 Å². The monoisotopic (exact) mass is 463 g/mol. The van der Waals surface area contributed by atoms with Crippen molar-refractivity contribution < 1.29 is 0 Å². The second-order valence-corrected chi connectivity index (χ2v) is 7.79. The van der Waals surface area contributed by atoms with Gasteiger partial charge in [0.15, 0.2) is 5.96 Å². The van der Waals surface area contributed by atoms with Gasteiger partial charge in [-0.15, -0.1) is 24.0 Å². The number of aliphatic imine (C=N–C) groups is 1. The molecule has 0 amide bonds. The summed E-state index contributed by atoms with van der Waals surface area (Å²) in [7, 11) is 2.28. The van der Waals surface area contributed by atoms with E-state index in [0.717, 1.165) is 50.8 Å². The molecule has 146 valence electrons. The molecule has 2 aliphatic heterocycles. The second kappa shape index (κ2) is 10.9. The summed E-state index contributed by atoms with van der Waals surface area (Å²) in [6.07, 6.45) is 9.65. The fraction of sp³-hybridized carbons (Fsp3) is 0.947. The van der Waals surface area contributed by atoms with E-state index >= 15 is 0 Å². The number of nitrogens with one attached hydrogen (secondary N) is 1. The van der Waals surface area contributed by atoms with Gasteiger partial charge in [0.1, 0.15) is 0 Å². The molecule has 0 aromatic heterocycles. The molecule has 3 aliphatic rings. The fourth-order valence-corrected chi connectivity index (χ4v) is 4.61. The van der Waals surface area contributed by atoms with Crippen LogP contribution in [0.1, 0.15) is 51.9 Å². The molecule has 0 radical (unpaired) electrons. The van der Waals surface area contributed by atoms with Gasteiger partial charge in [-0.3, -0.25) is 9.89 Å². The van der Waals surface area contributed by atoms with Crippen molar-refractivity contribution in [1.82, 2.24) is 20.0 Å². The summed E-state index contributed by atoms with van der Waals surface area (Å²) in [5, 5.41) is 3.52. The lowest BCUT2D eigenvalue weighted by molar-refractivity contribution is 0.247. The minimum atomic E-state index is 0. The molecule has 1 saturated carbocycles. The van der Waals surface area contributed by atoms with E-state index in [-0.39, 0.29) is 24.0 Å². The number of halogens is 1. The smallest absolute Gasteiger partial charge is 0.194 e. The topological polar surface area (TPSA) is 34.1 Å². The molecule has 0 aromatic rings. The lowest BCUT2D eigenvalue weighted by Gasteiger charge is -2.26. The molecule has 1 atom stereocenters. The molecule has 2 saturated heterocycles. The first kappa shape index (κ1) is 21.2. The summed E-state index contributed by atoms with van der Waals surface area (Å²) in [5.74, 6) is 1.14. The van der Waals surface area contributed by atoms with Gasteiger partial charge in [-0.05, 0) is 59.2 Å². The summed E-state index contributed by atoms with van der Waals surface area (Å²) in [6.45, 7) is 10.1. The van der Waals surface area contributed by atoms with E-state index in [1.807, 2.05) is 0 Å². The van der Waals surface area contributed by atoms with Gasteiger partial charge in [0.05, 0.1) is 6.54 Å². The molecule has 3 rings (SSSR count). The Morgan fingerprint density at radius 2 is 1.80 bits per heavy atom. The van der Waals surface area contributed by atoms with Crippen molar-refractivity contribution in [1.29, 1.82) is 0 Å². The Balaban J connectivity index is 0.00000225. The SMILES string of the molecule is CCNC(=NCCN(C)C1CCCC1)N1CCC(N2CCCC2)C1.I. The van der Waals surface area contributed by atoms with E-state index in [4.69, 9.17) is 4.99 Å². The van der Waals surface area contributed by atoms with E-state index in [1.165, 1.54) is 58.0 Å². The van der Waals surface area contributed by atoms with Crippen molar-refractivity contribution in [3.05, 3.63) is 0 Å². The lowest BCUT2D eigenvalue weighted by Crippen LogP contribution is -2.43. The number of likely N-dealkylation sites (tertiary alicyclic amines) is 2. The highest BCUT2D eigenvalue weighted by atomic mass is 127. The average Bonchev–Trinajstić information content (AvgIpc) is 3.35. The quantitative estimate of drug-likeness (QED) is 0.373. The Morgan fingerprint density at radius 3 is 2.48 bits per heavy atom. The molecule has 0 bridgehead atoms. The van der Waals surface area contributed by atoms with Gasteiger partial charge in [-0.25, -0.2) is 0 Å². The highest BCUT2D eigenvalue weighted by Crippen LogP contribution is 2.22. The molecule has 0 aromatic carbocycles. The lowest BCUT2D eigenvalue weighted by atomic mass is 10.2. The predicted molar refractivity (Wildman–Crippen MR) is 117 cm³/mol. The van der Waals surface area contributed by atoms with Crippen LogP contribution < -0.4 is 5.32 Å². The zero-order valence-electron chi connectivity index (χ0n) is 16.3. The number of hydrogen-bond donors (Lipinski definition) is 1. The number of hydrogen-bond acceptors (Lipinski definition) is 3. The van der Waals surface area contributed by atoms with Gasteiger partial charge < -0.3 is 15.1 Å². The first-order valence-corrected chi connectivity index (χ1v) is 10.3. The number of likely N-dealkylation sites (N-methyl/N-ethyl adjacent to an activating group) is 1. The van der Waals surface area contributed by atoms with E-state index in [2.05, 4.69) is 34.0 Å².